The zero-order chi connectivity index (χ0) is 26.7. The molecular formula is C30H38N4O4. The molecule has 0 radical (unpaired) electrons. The minimum atomic E-state index is -0.464. The number of rotatable bonds is 9. The second-order valence-corrected chi connectivity index (χ2v) is 10.7. The summed E-state index contributed by atoms with van der Waals surface area (Å²) >= 11 is 0. The van der Waals surface area contributed by atoms with Crippen LogP contribution in [0.2, 0.25) is 0 Å². The van der Waals surface area contributed by atoms with Gasteiger partial charge in [0.25, 0.3) is 0 Å². The first-order chi connectivity index (χ1) is 18.3. The lowest BCUT2D eigenvalue weighted by Crippen LogP contribution is -2.53. The highest BCUT2D eigenvalue weighted by atomic mass is 16.5. The van der Waals surface area contributed by atoms with E-state index in [2.05, 4.69) is 4.90 Å². The van der Waals surface area contributed by atoms with Crippen molar-refractivity contribution in [2.24, 2.45) is 0 Å². The Hall–Kier alpha value is -3.52. The number of carbonyl (C=O) groups excluding carboxylic acids is 1. The van der Waals surface area contributed by atoms with Gasteiger partial charge in [0.1, 0.15) is 18.1 Å². The van der Waals surface area contributed by atoms with Crippen molar-refractivity contribution in [1.29, 1.82) is 0 Å². The van der Waals surface area contributed by atoms with Gasteiger partial charge in [-0.2, -0.15) is 0 Å². The summed E-state index contributed by atoms with van der Waals surface area (Å²) in [5.41, 5.74) is 0.969. The van der Waals surface area contributed by atoms with Gasteiger partial charge in [0, 0.05) is 33.0 Å². The maximum Gasteiger partial charge on any atom is 0.337 e. The van der Waals surface area contributed by atoms with Crippen molar-refractivity contribution in [1.82, 2.24) is 18.9 Å². The molecule has 0 spiro atoms. The predicted molar refractivity (Wildman–Crippen MR) is 148 cm³/mol. The van der Waals surface area contributed by atoms with E-state index in [0.717, 1.165) is 55.1 Å². The van der Waals surface area contributed by atoms with Crippen molar-refractivity contribution in [2.45, 2.75) is 57.1 Å². The van der Waals surface area contributed by atoms with E-state index in [1.807, 2.05) is 69.6 Å². The van der Waals surface area contributed by atoms with Gasteiger partial charge in [0.2, 0.25) is 5.91 Å². The fraction of sp³-hybridized carbons (Fsp3) is 0.467. The molecule has 38 heavy (non-hydrogen) atoms. The maximum absolute atomic E-state index is 13.1. The number of amides is 1. The summed E-state index contributed by atoms with van der Waals surface area (Å²) in [6, 6.07) is 15.2. The molecule has 1 saturated carbocycles. The van der Waals surface area contributed by atoms with Gasteiger partial charge in [0.05, 0.1) is 23.0 Å². The number of likely N-dealkylation sites (N-methyl/N-ethyl adjacent to an activating group) is 1. The number of hydrogen-bond donors (Lipinski definition) is 0. The summed E-state index contributed by atoms with van der Waals surface area (Å²) in [5.74, 6) is 1.73. The Bertz CT molecular complexity index is 1290. The van der Waals surface area contributed by atoms with Gasteiger partial charge in [-0.3, -0.25) is 18.8 Å². The number of benzene rings is 2. The van der Waals surface area contributed by atoms with Crippen LogP contribution < -0.4 is 15.2 Å². The van der Waals surface area contributed by atoms with E-state index in [0.29, 0.717) is 19.3 Å². The molecule has 1 amide bonds. The SMILES string of the molecule is CN(C)C(=O)C1(C)CCCN1CCOc1ccc(-n2ccn(-c3ccc(OC4CCCC4)cc3)c2=O)cc1. The molecule has 0 bridgehead atoms. The van der Waals surface area contributed by atoms with Crippen molar-refractivity contribution in [3.8, 4) is 22.9 Å². The van der Waals surface area contributed by atoms with Gasteiger partial charge in [-0.05, 0) is 101 Å². The van der Waals surface area contributed by atoms with E-state index < -0.39 is 5.54 Å². The molecule has 2 aliphatic rings. The number of carbonyl (C=O) groups is 1. The highest BCUT2D eigenvalue weighted by molar-refractivity contribution is 5.85. The van der Waals surface area contributed by atoms with E-state index in [1.165, 1.54) is 12.8 Å². The smallest absolute Gasteiger partial charge is 0.337 e. The number of imidazole rings is 1. The van der Waals surface area contributed by atoms with Gasteiger partial charge < -0.3 is 14.4 Å². The van der Waals surface area contributed by atoms with Crippen molar-refractivity contribution >= 4 is 5.91 Å². The van der Waals surface area contributed by atoms with Crippen LogP contribution in [-0.2, 0) is 4.79 Å². The Morgan fingerprint density at radius 3 is 2.08 bits per heavy atom. The molecule has 3 aromatic rings. The van der Waals surface area contributed by atoms with E-state index in [4.69, 9.17) is 9.47 Å². The van der Waals surface area contributed by atoms with Crippen LogP contribution in [0.5, 0.6) is 11.5 Å². The zero-order valence-electron chi connectivity index (χ0n) is 22.6. The largest absolute Gasteiger partial charge is 0.492 e. The summed E-state index contributed by atoms with van der Waals surface area (Å²) in [6.45, 7) is 4.10. The molecule has 202 valence electrons. The average Bonchev–Trinajstić information content (AvgIpc) is 3.66. The summed E-state index contributed by atoms with van der Waals surface area (Å²) < 4.78 is 15.3. The molecule has 5 rings (SSSR count). The third kappa shape index (κ3) is 5.36. The number of likely N-dealkylation sites (tertiary alicyclic amines) is 1. The molecule has 1 aromatic heterocycles. The first kappa shape index (κ1) is 26.1. The van der Waals surface area contributed by atoms with Crippen LogP contribution in [-0.4, -0.2) is 70.3 Å². The summed E-state index contributed by atoms with van der Waals surface area (Å²) in [4.78, 5) is 29.7. The number of ether oxygens (including phenoxy) is 2. The van der Waals surface area contributed by atoms with E-state index in [-0.39, 0.29) is 11.6 Å². The van der Waals surface area contributed by atoms with Gasteiger partial charge >= 0.3 is 5.69 Å². The third-order valence-corrected chi connectivity index (χ3v) is 7.90. The number of hydrogen-bond acceptors (Lipinski definition) is 5. The van der Waals surface area contributed by atoms with Crippen LogP contribution in [0.25, 0.3) is 11.4 Å². The fourth-order valence-corrected chi connectivity index (χ4v) is 5.73. The summed E-state index contributed by atoms with van der Waals surface area (Å²) in [7, 11) is 3.62. The average molecular weight is 519 g/mol. The molecule has 2 fully saturated rings. The predicted octanol–water partition coefficient (Wildman–Crippen LogP) is 4.27. The maximum atomic E-state index is 13.1. The van der Waals surface area contributed by atoms with Crippen LogP contribution in [0.15, 0.2) is 65.7 Å². The van der Waals surface area contributed by atoms with Crippen molar-refractivity contribution in [3.63, 3.8) is 0 Å². The van der Waals surface area contributed by atoms with Crippen LogP contribution in [0.1, 0.15) is 45.4 Å². The zero-order valence-corrected chi connectivity index (χ0v) is 22.6. The second-order valence-electron chi connectivity index (χ2n) is 10.7. The molecule has 1 atom stereocenters. The molecule has 2 aromatic carbocycles. The lowest BCUT2D eigenvalue weighted by Gasteiger charge is -2.35. The van der Waals surface area contributed by atoms with E-state index in [1.54, 1.807) is 26.4 Å². The second kappa shape index (κ2) is 11.1. The molecule has 2 heterocycles. The molecule has 8 nitrogen and oxygen atoms in total. The first-order valence-corrected chi connectivity index (χ1v) is 13.6. The van der Waals surface area contributed by atoms with Gasteiger partial charge in [-0.25, -0.2) is 4.79 Å². The monoisotopic (exact) mass is 518 g/mol. The lowest BCUT2D eigenvalue weighted by atomic mass is 9.97. The van der Waals surface area contributed by atoms with Crippen molar-refractivity contribution in [2.75, 3.05) is 33.8 Å². The van der Waals surface area contributed by atoms with Gasteiger partial charge in [-0.15, -0.1) is 0 Å². The molecule has 1 aliphatic heterocycles. The Balaban J connectivity index is 1.19. The lowest BCUT2D eigenvalue weighted by molar-refractivity contribution is -0.139. The minimum Gasteiger partial charge on any atom is -0.492 e. The molecule has 1 aliphatic carbocycles. The highest BCUT2D eigenvalue weighted by Crippen LogP contribution is 2.30. The third-order valence-electron chi connectivity index (χ3n) is 7.90. The molecule has 0 N–H and O–H groups in total. The van der Waals surface area contributed by atoms with E-state index >= 15 is 0 Å². The van der Waals surface area contributed by atoms with Crippen LogP contribution in [0.3, 0.4) is 0 Å². The van der Waals surface area contributed by atoms with Crippen LogP contribution in [0, 0.1) is 0 Å². The van der Waals surface area contributed by atoms with Crippen LogP contribution in [0.4, 0.5) is 0 Å². The first-order valence-electron chi connectivity index (χ1n) is 13.6. The standard InChI is InChI=1S/C30H38N4O4/c1-30(28(35)31(2)3)17-6-18-32(30)21-22-37-25-13-9-23(10-14-25)33-19-20-34(29(33)36)24-11-15-27(16-12-24)38-26-7-4-5-8-26/h9-16,19-20,26H,4-8,17-18,21-22H2,1-3H3. The minimum absolute atomic E-state index is 0.137. The Kier molecular flexibility index (Phi) is 7.61. The summed E-state index contributed by atoms with van der Waals surface area (Å²) in [6.07, 6.45) is 10.4. The highest BCUT2D eigenvalue weighted by Gasteiger charge is 2.43. The molecule has 1 saturated heterocycles. The van der Waals surface area contributed by atoms with Gasteiger partial charge in [0.15, 0.2) is 0 Å². The van der Waals surface area contributed by atoms with Crippen molar-refractivity contribution < 1.29 is 14.3 Å². The van der Waals surface area contributed by atoms with Crippen LogP contribution >= 0.6 is 0 Å². The van der Waals surface area contributed by atoms with E-state index in [9.17, 15) is 9.59 Å². The van der Waals surface area contributed by atoms with Gasteiger partial charge in [-0.1, -0.05) is 0 Å². The molecular weight excluding hydrogens is 480 g/mol. The Morgan fingerprint density at radius 1 is 0.921 bits per heavy atom. The Labute approximate surface area is 224 Å². The normalized spacial score (nSPS) is 20.1. The fourth-order valence-electron chi connectivity index (χ4n) is 5.73. The number of nitrogens with zero attached hydrogens (tertiary/aromatic N) is 4. The topological polar surface area (TPSA) is 68.9 Å². The molecule has 8 heteroatoms. The Morgan fingerprint density at radius 2 is 1.50 bits per heavy atom. The molecule has 1 unspecified atom stereocenters. The quantitative estimate of drug-likeness (QED) is 0.423. The van der Waals surface area contributed by atoms with Crippen molar-refractivity contribution in [3.05, 3.63) is 71.4 Å². The number of aromatic nitrogens is 2. The summed E-state index contributed by atoms with van der Waals surface area (Å²) in [5, 5.41) is 0.